The number of H-pyrrole nitrogens is 1. The summed E-state index contributed by atoms with van der Waals surface area (Å²) in [5.41, 5.74) is 2.16. The molecule has 1 aromatic carbocycles. The Morgan fingerprint density at radius 2 is 2.00 bits per heavy atom. The van der Waals surface area contributed by atoms with Crippen molar-refractivity contribution < 1.29 is 9.90 Å². The Balaban J connectivity index is 2.31. The van der Waals surface area contributed by atoms with E-state index in [2.05, 4.69) is 42.8 Å². The molecule has 7 heteroatoms. The number of halogens is 1. The molecule has 0 aliphatic rings. The number of aromatic nitrogens is 4. The lowest BCUT2D eigenvalue weighted by atomic mass is 10.00. The van der Waals surface area contributed by atoms with Crippen LogP contribution in [0.3, 0.4) is 0 Å². The fraction of sp³-hybridized carbons (Fsp3) is 0.0769. The van der Waals surface area contributed by atoms with Crippen molar-refractivity contribution in [3.63, 3.8) is 0 Å². The van der Waals surface area contributed by atoms with Crippen LogP contribution >= 0.6 is 22.6 Å². The zero-order valence-corrected chi connectivity index (χ0v) is 12.5. The van der Waals surface area contributed by atoms with Gasteiger partial charge in [-0.3, -0.25) is 5.10 Å². The summed E-state index contributed by atoms with van der Waals surface area (Å²) in [6, 6.07) is 3.39. The number of carboxylic acid groups (broad SMARTS) is 1. The molecule has 6 nitrogen and oxygen atoms in total. The highest BCUT2D eigenvalue weighted by atomic mass is 127. The molecule has 0 unspecified atom stereocenters. The molecular weight excluding hydrogens is 371 g/mol. The van der Waals surface area contributed by atoms with Crippen molar-refractivity contribution in [2.45, 2.75) is 6.92 Å². The molecule has 2 heterocycles. The van der Waals surface area contributed by atoms with E-state index in [0.717, 1.165) is 9.09 Å². The van der Waals surface area contributed by atoms with Crippen LogP contribution in [0.4, 0.5) is 0 Å². The lowest BCUT2D eigenvalue weighted by Gasteiger charge is -2.06. The SMILES string of the molecule is Cc1ncc(-c2cc3c(I)n[nH]c3cc2C(=O)O)cn1. The standard InChI is InChI=1S/C13H9IN4O2/c1-6-15-4-7(5-16-6)8-2-10-11(17-18-12(10)14)3-9(8)13(19)20/h2-5H,1H3,(H,17,18)(H,19,20). The molecule has 0 amide bonds. The number of benzene rings is 1. The topological polar surface area (TPSA) is 91.8 Å². The number of nitrogens with one attached hydrogen (secondary N) is 1. The van der Waals surface area contributed by atoms with Crippen LogP contribution in [0.15, 0.2) is 24.5 Å². The molecule has 2 N–H and O–H groups in total. The second-order valence-electron chi connectivity index (χ2n) is 4.28. The van der Waals surface area contributed by atoms with Gasteiger partial charge in [0, 0.05) is 28.9 Å². The van der Waals surface area contributed by atoms with Crippen molar-refractivity contribution in [1.29, 1.82) is 0 Å². The lowest BCUT2D eigenvalue weighted by molar-refractivity contribution is 0.0698. The fourth-order valence-corrected chi connectivity index (χ4v) is 2.55. The number of fused-ring (bicyclic) bond motifs is 1. The van der Waals surface area contributed by atoms with Crippen LogP contribution in [0.25, 0.3) is 22.0 Å². The molecule has 0 aliphatic heterocycles. The summed E-state index contributed by atoms with van der Waals surface area (Å²) in [5, 5.41) is 17.2. The first-order valence-electron chi connectivity index (χ1n) is 5.76. The van der Waals surface area contributed by atoms with Gasteiger partial charge in [-0.15, -0.1) is 0 Å². The smallest absolute Gasteiger partial charge is 0.336 e. The molecule has 0 spiro atoms. The predicted octanol–water partition coefficient (Wildman–Crippen LogP) is 2.63. The number of aromatic amines is 1. The number of carboxylic acids is 1. The molecule has 0 saturated heterocycles. The number of aromatic carboxylic acids is 1. The summed E-state index contributed by atoms with van der Waals surface area (Å²) in [6.45, 7) is 1.78. The Labute approximate surface area is 127 Å². The van der Waals surface area contributed by atoms with Crippen LogP contribution in [0, 0.1) is 10.6 Å². The monoisotopic (exact) mass is 380 g/mol. The van der Waals surface area contributed by atoms with Crippen LogP contribution in [0.5, 0.6) is 0 Å². The van der Waals surface area contributed by atoms with Crippen molar-refractivity contribution >= 4 is 39.5 Å². The van der Waals surface area contributed by atoms with Crippen molar-refractivity contribution in [2.75, 3.05) is 0 Å². The molecular formula is C13H9IN4O2. The molecule has 3 rings (SSSR count). The number of hydrogen-bond acceptors (Lipinski definition) is 4. The summed E-state index contributed by atoms with van der Waals surface area (Å²) in [5.74, 6) is -0.350. The fourth-order valence-electron chi connectivity index (χ4n) is 1.98. The van der Waals surface area contributed by atoms with E-state index in [1.54, 1.807) is 31.5 Å². The van der Waals surface area contributed by atoms with Crippen LogP contribution in [-0.4, -0.2) is 31.2 Å². The minimum Gasteiger partial charge on any atom is -0.478 e. The van der Waals surface area contributed by atoms with Gasteiger partial charge in [0.2, 0.25) is 0 Å². The molecule has 3 aromatic rings. The van der Waals surface area contributed by atoms with Gasteiger partial charge in [0.1, 0.15) is 9.53 Å². The van der Waals surface area contributed by atoms with E-state index in [0.29, 0.717) is 22.5 Å². The lowest BCUT2D eigenvalue weighted by Crippen LogP contribution is -2.00. The third kappa shape index (κ3) is 2.13. The van der Waals surface area contributed by atoms with Gasteiger partial charge in [-0.1, -0.05) is 0 Å². The van der Waals surface area contributed by atoms with Gasteiger partial charge in [-0.25, -0.2) is 14.8 Å². The largest absolute Gasteiger partial charge is 0.478 e. The van der Waals surface area contributed by atoms with Crippen LogP contribution < -0.4 is 0 Å². The highest BCUT2D eigenvalue weighted by molar-refractivity contribution is 14.1. The zero-order valence-electron chi connectivity index (χ0n) is 10.4. The Kier molecular flexibility index (Phi) is 3.13. The van der Waals surface area contributed by atoms with Gasteiger partial charge in [-0.05, 0) is 41.6 Å². The molecule has 0 radical (unpaired) electrons. The third-order valence-electron chi connectivity index (χ3n) is 2.98. The first-order chi connectivity index (χ1) is 9.56. The maximum atomic E-state index is 11.4. The van der Waals surface area contributed by atoms with Crippen molar-refractivity contribution in [1.82, 2.24) is 20.2 Å². The maximum Gasteiger partial charge on any atom is 0.336 e. The number of nitrogens with zero attached hydrogens (tertiary/aromatic N) is 3. The highest BCUT2D eigenvalue weighted by Gasteiger charge is 2.16. The van der Waals surface area contributed by atoms with Crippen LogP contribution in [0.2, 0.25) is 0 Å². The summed E-state index contributed by atoms with van der Waals surface area (Å²) >= 11 is 2.10. The third-order valence-corrected chi connectivity index (χ3v) is 3.80. The van der Waals surface area contributed by atoms with Crippen LogP contribution in [0.1, 0.15) is 16.2 Å². The van der Waals surface area contributed by atoms with E-state index in [1.807, 2.05) is 0 Å². The number of carbonyl (C=O) groups is 1. The molecule has 100 valence electrons. The average Bonchev–Trinajstić information content (AvgIpc) is 2.79. The van der Waals surface area contributed by atoms with Gasteiger partial charge >= 0.3 is 5.97 Å². The minimum atomic E-state index is -0.993. The van der Waals surface area contributed by atoms with Gasteiger partial charge < -0.3 is 5.11 Å². The Morgan fingerprint density at radius 3 is 2.65 bits per heavy atom. The van der Waals surface area contributed by atoms with E-state index in [4.69, 9.17) is 0 Å². The molecule has 0 bridgehead atoms. The quantitative estimate of drug-likeness (QED) is 0.667. The van der Waals surface area contributed by atoms with E-state index in [1.165, 1.54) is 0 Å². The zero-order chi connectivity index (χ0) is 14.3. The van der Waals surface area contributed by atoms with E-state index in [-0.39, 0.29) is 5.56 Å². The second-order valence-corrected chi connectivity index (χ2v) is 5.30. The Morgan fingerprint density at radius 1 is 1.30 bits per heavy atom. The van der Waals surface area contributed by atoms with Crippen molar-refractivity contribution in [3.8, 4) is 11.1 Å². The molecule has 2 aromatic heterocycles. The normalized spacial score (nSPS) is 10.9. The average molecular weight is 380 g/mol. The summed E-state index contributed by atoms with van der Waals surface area (Å²) in [7, 11) is 0. The van der Waals surface area contributed by atoms with E-state index >= 15 is 0 Å². The Bertz CT molecular complexity index is 811. The summed E-state index contributed by atoms with van der Waals surface area (Å²) in [4.78, 5) is 19.7. The molecule has 0 saturated carbocycles. The second kappa shape index (κ2) is 4.82. The molecule has 0 aliphatic carbocycles. The predicted molar refractivity (Wildman–Crippen MR) is 81.5 cm³/mol. The maximum absolute atomic E-state index is 11.4. The van der Waals surface area contributed by atoms with Crippen LogP contribution in [-0.2, 0) is 0 Å². The van der Waals surface area contributed by atoms with Gasteiger partial charge in [0.25, 0.3) is 0 Å². The van der Waals surface area contributed by atoms with Gasteiger partial charge in [0.15, 0.2) is 0 Å². The highest BCUT2D eigenvalue weighted by Crippen LogP contribution is 2.29. The van der Waals surface area contributed by atoms with Gasteiger partial charge in [-0.2, -0.15) is 5.10 Å². The summed E-state index contributed by atoms with van der Waals surface area (Å²) in [6.07, 6.45) is 3.26. The molecule has 0 atom stereocenters. The summed E-state index contributed by atoms with van der Waals surface area (Å²) < 4.78 is 0.795. The van der Waals surface area contributed by atoms with Crippen molar-refractivity contribution in [2.24, 2.45) is 0 Å². The van der Waals surface area contributed by atoms with E-state index in [9.17, 15) is 9.90 Å². The number of hydrogen-bond donors (Lipinski definition) is 2. The Hall–Kier alpha value is -2.03. The number of rotatable bonds is 2. The first-order valence-corrected chi connectivity index (χ1v) is 6.84. The minimum absolute atomic E-state index is 0.199. The first kappa shape index (κ1) is 13.0. The van der Waals surface area contributed by atoms with Gasteiger partial charge in [0.05, 0.1) is 11.1 Å². The van der Waals surface area contributed by atoms with Crippen molar-refractivity contribution in [3.05, 3.63) is 39.6 Å². The number of aryl methyl sites for hydroxylation is 1. The van der Waals surface area contributed by atoms with E-state index < -0.39 is 5.97 Å². The molecule has 20 heavy (non-hydrogen) atoms. The molecule has 0 fully saturated rings.